The molecule has 7 nitrogen and oxygen atoms in total. The number of benzene rings is 2. The Morgan fingerprint density at radius 2 is 1.71 bits per heavy atom. The summed E-state index contributed by atoms with van der Waals surface area (Å²) in [6.07, 6.45) is 1.85. The lowest BCUT2D eigenvalue weighted by Crippen LogP contribution is -2.48. The normalized spacial score (nSPS) is 12.1. The minimum absolute atomic E-state index is 0.0137. The Morgan fingerprint density at radius 3 is 2.29 bits per heavy atom. The highest BCUT2D eigenvalue weighted by Gasteiger charge is 2.27. The van der Waals surface area contributed by atoms with Crippen LogP contribution in [0.5, 0.6) is 0 Å². The van der Waals surface area contributed by atoms with Gasteiger partial charge < -0.3 is 10.2 Å². The Balaban J connectivity index is 2.15. The minimum Gasteiger partial charge on any atom is -0.354 e. The largest absolute Gasteiger partial charge is 0.354 e. The second-order valence-electron chi connectivity index (χ2n) is 8.00. The molecule has 1 N–H and O–H groups in total. The van der Waals surface area contributed by atoms with Crippen LogP contribution in [-0.4, -0.2) is 50.5 Å². The van der Waals surface area contributed by atoms with E-state index in [1.54, 1.807) is 19.1 Å². The summed E-state index contributed by atoms with van der Waals surface area (Å²) in [4.78, 5) is 26.9. The maximum atomic E-state index is 14.2. The van der Waals surface area contributed by atoms with E-state index >= 15 is 0 Å². The van der Waals surface area contributed by atoms with Crippen LogP contribution in [0.1, 0.15) is 38.7 Å². The fourth-order valence-corrected chi connectivity index (χ4v) is 4.37. The molecule has 1 atom stereocenters. The monoisotopic (exact) mass is 495 g/mol. The van der Waals surface area contributed by atoms with Crippen molar-refractivity contribution in [1.82, 2.24) is 10.2 Å². The molecule has 34 heavy (non-hydrogen) atoms. The quantitative estimate of drug-likeness (QED) is 0.489. The van der Waals surface area contributed by atoms with Gasteiger partial charge in [-0.05, 0) is 50.1 Å². The second-order valence-corrected chi connectivity index (χ2v) is 9.90. The molecule has 0 fully saturated rings. The lowest BCUT2D eigenvalue weighted by atomic mass is 10.1. The van der Waals surface area contributed by atoms with E-state index in [-0.39, 0.29) is 43.1 Å². The molecule has 0 saturated heterocycles. The number of anilines is 1. The van der Waals surface area contributed by atoms with E-state index in [0.717, 1.165) is 29.1 Å². The summed E-state index contributed by atoms with van der Waals surface area (Å²) in [6, 6.07) is 10.2. The van der Waals surface area contributed by atoms with Gasteiger partial charge in [0.05, 0.1) is 11.9 Å². The van der Waals surface area contributed by atoms with Gasteiger partial charge in [0.1, 0.15) is 17.7 Å². The molecule has 0 aliphatic rings. The summed E-state index contributed by atoms with van der Waals surface area (Å²) in [7, 11) is -3.67. The van der Waals surface area contributed by atoms with Crippen LogP contribution >= 0.6 is 0 Å². The van der Waals surface area contributed by atoms with Crippen molar-refractivity contribution in [2.75, 3.05) is 23.7 Å². The van der Waals surface area contributed by atoms with E-state index in [2.05, 4.69) is 5.32 Å². The van der Waals surface area contributed by atoms with E-state index in [1.165, 1.54) is 29.2 Å². The van der Waals surface area contributed by atoms with Crippen LogP contribution in [-0.2, 0) is 26.2 Å². The molecule has 0 radical (unpaired) electrons. The maximum Gasteiger partial charge on any atom is 0.242 e. The average molecular weight is 496 g/mol. The summed E-state index contributed by atoms with van der Waals surface area (Å²) < 4.78 is 53.1. The number of amides is 2. The summed E-state index contributed by atoms with van der Waals surface area (Å²) in [6.45, 7) is 3.82. The number of carbonyl (C=O) groups is 2. The number of halogens is 2. The molecule has 0 saturated carbocycles. The highest BCUT2D eigenvalue weighted by Crippen LogP contribution is 2.20. The summed E-state index contributed by atoms with van der Waals surface area (Å²) in [5.41, 5.74) is 0.557. The van der Waals surface area contributed by atoms with Gasteiger partial charge in [-0.2, -0.15) is 0 Å². The van der Waals surface area contributed by atoms with Crippen molar-refractivity contribution in [3.05, 3.63) is 65.7 Å². The molecule has 0 aliphatic heterocycles. The van der Waals surface area contributed by atoms with Gasteiger partial charge in [-0.25, -0.2) is 17.2 Å². The van der Waals surface area contributed by atoms with Crippen molar-refractivity contribution in [2.45, 2.75) is 45.7 Å². The van der Waals surface area contributed by atoms with Crippen molar-refractivity contribution in [3.63, 3.8) is 0 Å². The molecule has 0 spiro atoms. The zero-order valence-corrected chi connectivity index (χ0v) is 20.4. The molecule has 2 rings (SSSR count). The van der Waals surface area contributed by atoms with Crippen LogP contribution in [0.25, 0.3) is 0 Å². The van der Waals surface area contributed by atoms with Crippen molar-refractivity contribution >= 4 is 27.5 Å². The Morgan fingerprint density at radius 1 is 1.06 bits per heavy atom. The minimum atomic E-state index is -3.67. The lowest BCUT2D eigenvalue weighted by Gasteiger charge is -2.29. The van der Waals surface area contributed by atoms with Gasteiger partial charge in [-0.3, -0.25) is 13.9 Å². The number of nitrogens with zero attached hydrogens (tertiary/aromatic N) is 2. The third-order valence-electron chi connectivity index (χ3n) is 5.28. The number of sulfonamides is 1. The van der Waals surface area contributed by atoms with E-state index in [4.69, 9.17) is 0 Å². The molecule has 10 heteroatoms. The number of nitrogens with one attached hydrogen (secondary N) is 1. The third-order valence-corrected chi connectivity index (χ3v) is 6.48. The molecule has 0 aliphatic carbocycles. The molecule has 0 heterocycles. The summed E-state index contributed by atoms with van der Waals surface area (Å²) in [5.74, 6) is -1.74. The first-order valence-corrected chi connectivity index (χ1v) is 12.9. The van der Waals surface area contributed by atoms with Gasteiger partial charge in [0, 0.05) is 31.6 Å². The molecule has 186 valence electrons. The molecule has 2 amide bonds. The Kier molecular flexibility index (Phi) is 9.97. The standard InChI is InChI=1S/C24H31F2N3O4S/c1-4-15-27-24(31)18(2)28(17-19-8-5-6-9-22(19)26)23(30)10-7-16-29(34(3,32)33)21-13-11-20(25)12-14-21/h5-6,8-9,11-14,18H,4,7,10,15-17H2,1-3H3,(H,27,31)/t18-/m1/s1. The topological polar surface area (TPSA) is 86.8 Å². The van der Waals surface area contributed by atoms with Crippen molar-refractivity contribution in [3.8, 4) is 0 Å². The highest BCUT2D eigenvalue weighted by atomic mass is 32.2. The van der Waals surface area contributed by atoms with Crippen LogP contribution in [0.3, 0.4) is 0 Å². The van der Waals surface area contributed by atoms with E-state index in [9.17, 15) is 26.8 Å². The second kappa shape index (κ2) is 12.5. The number of hydrogen-bond acceptors (Lipinski definition) is 4. The van der Waals surface area contributed by atoms with Crippen LogP contribution < -0.4 is 9.62 Å². The van der Waals surface area contributed by atoms with Crippen LogP contribution in [0.4, 0.5) is 14.5 Å². The molecule has 0 aromatic heterocycles. The fraction of sp³-hybridized carbons (Fsp3) is 0.417. The van der Waals surface area contributed by atoms with Gasteiger partial charge in [-0.1, -0.05) is 25.1 Å². The third kappa shape index (κ3) is 7.79. The fourth-order valence-electron chi connectivity index (χ4n) is 3.40. The predicted molar refractivity (Wildman–Crippen MR) is 128 cm³/mol. The smallest absolute Gasteiger partial charge is 0.242 e. The van der Waals surface area contributed by atoms with Gasteiger partial charge in [0.15, 0.2) is 0 Å². The van der Waals surface area contributed by atoms with E-state index in [0.29, 0.717) is 6.54 Å². The van der Waals surface area contributed by atoms with E-state index < -0.39 is 33.6 Å². The first-order valence-electron chi connectivity index (χ1n) is 11.1. The molecular formula is C24H31F2N3O4S. The number of carbonyl (C=O) groups excluding carboxylic acids is 2. The molecule has 2 aromatic rings. The lowest BCUT2D eigenvalue weighted by molar-refractivity contribution is -0.140. The first-order chi connectivity index (χ1) is 16.0. The predicted octanol–water partition coefficient (Wildman–Crippen LogP) is 3.45. The Hall–Kier alpha value is -3.01. The SMILES string of the molecule is CCCNC(=O)[C@@H](C)N(Cc1ccccc1F)C(=O)CCCN(c1ccc(F)cc1)S(C)(=O)=O. The Bertz CT molecular complexity index is 1080. The zero-order valence-electron chi connectivity index (χ0n) is 19.6. The highest BCUT2D eigenvalue weighted by molar-refractivity contribution is 7.92. The van der Waals surface area contributed by atoms with Gasteiger partial charge in [0.25, 0.3) is 0 Å². The zero-order chi connectivity index (χ0) is 25.3. The number of hydrogen-bond donors (Lipinski definition) is 1. The van der Waals surface area contributed by atoms with Crippen LogP contribution in [0, 0.1) is 11.6 Å². The maximum absolute atomic E-state index is 14.2. The van der Waals surface area contributed by atoms with Crippen molar-refractivity contribution < 1.29 is 26.8 Å². The summed E-state index contributed by atoms with van der Waals surface area (Å²) in [5, 5.41) is 2.74. The molecular weight excluding hydrogens is 464 g/mol. The summed E-state index contributed by atoms with van der Waals surface area (Å²) >= 11 is 0. The van der Waals surface area contributed by atoms with Crippen LogP contribution in [0.15, 0.2) is 48.5 Å². The van der Waals surface area contributed by atoms with Crippen molar-refractivity contribution in [1.29, 1.82) is 0 Å². The van der Waals surface area contributed by atoms with E-state index in [1.807, 2.05) is 6.92 Å². The molecule has 0 unspecified atom stereocenters. The first kappa shape index (κ1) is 27.2. The Labute approximate surface area is 199 Å². The average Bonchev–Trinajstić information content (AvgIpc) is 2.79. The number of rotatable bonds is 12. The van der Waals surface area contributed by atoms with Gasteiger partial charge in [0.2, 0.25) is 21.8 Å². The van der Waals surface area contributed by atoms with Crippen LogP contribution in [0.2, 0.25) is 0 Å². The van der Waals surface area contributed by atoms with Gasteiger partial charge >= 0.3 is 0 Å². The molecule has 2 aromatic carbocycles. The molecule has 0 bridgehead atoms. The van der Waals surface area contributed by atoms with Crippen molar-refractivity contribution in [2.24, 2.45) is 0 Å². The van der Waals surface area contributed by atoms with Gasteiger partial charge in [-0.15, -0.1) is 0 Å².